The minimum Gasteiger partial charge on any atom is -0.385 e. The largest absolute Gasteiger partial charge is 0.419 e. The number of urea groups is 1. The first-order valence-corrected chi connectivity index (χ1v) is 14.2. The van der Waals surface area contributed by atoms with Gasteiger partial charge in [-0.25, -0.2) is 9.79 Å². The number of rotatable bonds is 12. The lowest BCUT2D eigenvalue weighted by Crippen LogP contribution is -2.44. The maximum absolute atomic E-state index is 14.1. The van der Waals surface area contributed by atoms with Crippen LogP contribution in [0.4, 0.5) is 29.3 Å². The molecular weight excluding hydrogens is 519 g/mol. The molecule has 0 bridgehead atoms. The average molecular weight is 564 g/mol. The summed E-state index contributed by atoms with van der Waals surface area (Å²) in [5.41, 5.74) is 2.29. The minimum atomic E-state index is -4.58. The van der Waals surface area contributed by atoms with Gasteiger partial charge < -0.3 is 30.7 Å². The highest BCUT2D eigenvalue weighted by atomic mass is 19.4. The monoisotopic (exact) mass is 563 g/mol. The number of likely N-dealkylation sites (N-methyl/N-ethyl adjacent to an activating group) is 1. The Kier molecular flexibility index (Phi) is 11.7. The average Bonchev–Trinajstić information content (AvgIpc) is 3.33. The van der Waals surface area contributed by atoms with Gasteiger partial charge in [-0.1, -0.05) is 26.3 Å². The van der Waals surface area contributed by atoms with E-state index in [0.717, 1.165) is 62.2 Å². The Balaban J connectivity index is 1.71. The third-order valence-corrected chi connectivity index (χ3v) is 7.14. The molecule has 0 aromatic heterocycles. The fourth-order valence-corrected chi connectivity index (χ4v) is 4.72. The Labute approximate surface area is 236 Å². The first-order valence-electron chi connectivity index (χ1n) is 14.2. The number of unbranched alkanes of at least 4 members (excludes halogenated alkanes) is 1. The lowest BCUT2D eigenvalue weighted by atomic mass is 10.1. The smallest absolute Gasteiger partial charge is 0.385 e. The maximum atomic E-state index is 14.1. The number of carbonyl (C=O) groups is 1. The Morgan fingerprint density at radius 2 is 1.90 bits per heavy atom. The van der Waals surface area contributed by atoms with Gasteiger partial charge in [-0.3, -0.25) is 0 Å². The van der Waals surface area contributed by atoms with Crippen molar-refractivity contribution in [2.24, 2.45) is 4.99 Å². The number of aryl methyl sites for hydroxylation is 1. The number of hydrogen-bond acceptors (Lipinski definition) is 5. The Hall–Kier alpha value is -3.21. The van der Waals surface area contributed by atoms with Crippen molar-refractivity contribution in [3.05, 3.63) is 47.3 Å². The summed E-state index contributed by atoms with van der Waals surface area (Å²) in [4.78, 5) is 22.2. The standard InChI is InChI=1S/C29H44F3N7O/c1-5-7-9-27(33-12-8-14-39-15-13-34-28(39)40)25(29(30,31)32)21-35-22(3)36-26-11-10-24(20-23(26)6-2)38-18-16-37(4)17-19-38/h9-11,20-21,33H,5-8,12-19H2,1-4H3,(H,34,40)(H,35,36)/b25-21+,27-9-. The zero-order valence-electron chi connectivity index (χ0n) is 24.2. The molecule has 1 aromatic carbocycles. The highest BCUT2D eigenvalue weighted by Crippen LogP contribution is 2.31. The molecule has 0 aliphatic carbocycles. The van der Waals surface area contributed by atoms with E-state index in [0.29, 0.717) is 44.9 Å². The molecule has 0 unspecified atom stereocenters. The van der Waals surface area contributed by atoms with Crippen LogP contribution in [-0.2, 0) is 6.42 Å². The van der Waals surface area contributed by atoms with Crippen LogP contribution in [0.1, 0.15) is 45.6 Å². The Bertz CT molecular complexity index is 1080. The molecular formula is C29H44F3N7O. The van der Waals surface area contributed by atoms with Crippen molar-refractivity contribution in [2.75, 3.05) is 69.6 Å². The number of allylic oxidation sites excluding steroid dienone is 2. The molecule has 2 fully saturated rings. The van der Waals surface area contributed by atoms with E-state index >= 15 is 0 Å². The number of benzene rings is 1. The Morgan fingerprint density at radius 1 is 1.15 bits per heavy atom. The van der Waals surface area contributed by atoms with Crippen molar-refractivity contribution in [1.82, 2.24) is 20.4 Å². The van der Waals surface area contributed by atoms with Gasteiger partial charge in [0.2, 0.25) is 0 Å². The summed E-state index contributed by atoms with van der Waals surface area (Å²) in [5.74, 6) is 0.374. The molecule has 0 spiro atoms. The van der Waals surface area contributed by atoms with Gasteiger partial charge in [0.25, 0.3) is 0 Å². The van der Waals surface area contributed by atoms with E-state index in [-0.39, 0.29) is 11.7 Å². The van der Waals surface area contributed by atoms with E-state index in [4.69, 9.17) is 0 Å². The molecule has 40 heavy (non-hydrogen) atoms. The van der Waals surface area contributed by atoms with Crippen molar-refractivity contribution in [3.63, 3.8) is 0 Å². The van der Waals surface area contributed by atoms with Crippen LogP contribution < -0.4 is 20.9 Å². The number of alkyl halides is 3. The number of aliphatic imine (C=N–C) groups is 1. The van der Waals surface area contributed by atoms with E-state index < -0.39 is 11.7 Å². The summed E-state index contributed by atoms with van der Waals surface area (Å²) in [5, 5.41) is 8.88. The SMILES string of the molecule is CCC/C=C(NCCCN1CCNC1=O)/C(=C\N=C(C)Nc1ccc(N2CCN(C)CC2)cc1CC)C(F)(F)F. The Morgan fingerprint density at radius 3 is 2.52 bits per heavy atom. The number of amides is 2. The summed E-state index contributed by atoms with van der Waals surface area (Å²) < 4.78 is 42.4. The summed E-state index contributed by atoms with van der Waals surface area (Å²) in [6.45, 7) is 11.6. The zero-order chi connectivity index (χ0) is 29.1. The molecule has 2 heterocycles. The van der Waals surface area contributed by atoms with Gasteiger partial charge in [0.1, 0.15) is 5.84 Å². The zero-order valence-corrected chi connectivity index (χ0v) is 24.2. The van der Waals surface area contributed by atoms with Crippen LogP contribution in [0.5, 0.6) is 0 Å². The van der Waals surface area contributed by atoms with Crippen molar-refractivity contribution in [2.45, 2.75) is 52.6 Å². The highest BCUT2D eigenvalue weighted by Gasteiger charge is 2.36. The number of amidine groups is 1. The number of nitrogens with one attached hydrogen (secondary N) is 3. The molecule has 0 atom stereocenters. The number of hydrogen-bond donors (Lipinski definition) is 3. The molecule has 1 aromatic rings. The first-order chi connectivity index (χ1) is 19.1. The van der Waals surface area contributed by atoms with Gasteiger partial charge in [-0.15, -0.1) is 0 Å². The molecule has 0 radical (unpaired) electrons. The number of anilines is 2. The summed E-state index contributed by atoms with van der Waals surface area (Å²) >= 11 is 0. The molecule has 2 saturated heterocycles. The van der Waals surface area contributed by atoms with Gasteiger partial charge in [0.15, 0.2) is 0 Å². The van der Waals surface area contributed by atoms with Crippen LogP contribution in [0.25, 0.3) is 0 Å². The van der Waals surface area contributed by atoms with Crippen LogP contribution in [0, 0.1) is 0 Å². The third-order valence-electron chi connectivity index (χ3n) is 7.14. The number of piperazine rings is 1. The molecule has 11 heteroatoms. The van der Waals surface area contributed by atoms with E-state index in [1.165, 1.54) is 0 Å². The lowest BCUT2D eigenvalue weighted by molar-refractivity contribution is -0.0900. The molecule has 3 N–H and O–H groups in total. The fourth-order valence-electron chi connectivity index (χ4n) is 4.72. The lowest BCUT2D eigenvalue weighted by Gasteiger charge is -2.34. The number of nitrogens with zero attached hydrogens (tertiary/aromatic N) is 4. The van der Waals surface area contributed by atoms with E-state index in [1.54, 1.807) is 17.9 Å². The molecule has 2 amide bonds. The van der Waals surface area contributed by atoms with Crippen molar-refractivity contribution < 1.29 is 18.0 Å². The summed E-state index contributed by atoms with van der Waals surface area (Å²) in [6.07, 6.45) is 0.442. The highest BCUT2D eigenvalue weighted by molar-refractivity contribution is 5.95. The number of halogens is 3. The van der Waals surface area contributed by atoms with Crippen LogP contribution in [0.3, 0.4) is 0 Å². The van der Waals surface area contributed by atoms with Gasteiger partial charge in [0.05, 0.1) is 5.57 Å². The van der Waals surface area contributed by atoms with E-state index in [9.17, 15) is 18.0 Å². The molecule has 3 rings (SSSR count). The number of carbonyl (C=O) groups excluding carboxylic acids is 1. The topological polar surface area (TPSA) is 75.2 Å². The molecule has 2 aliphatic heterocycles. The first kappa shape index (κ1) is 31.3. The molecule has 2 aliphatic rings. The van der Waals surface area contributed by atoms with Crippen LogP contribution >= 0.6 is 0 Å². The second-order valence-corrected chi connectivity index (χ2v) is 10.3. The van der Waals surface area contributed by atoms with E-state index in [1.807, 2.05) is 13.0 Å². The predicted molar refractivity (Wildman–Crippen MR) is 157 cm³/mol. The van der Waals surface area contributed by atoms with Gasteiger partial charge in [-0.2, -0.15) is 13.2 Å². The van der Waals surface area contributed by atoms with E-state index in [2.05, 4.69) is 56.8 Å². The summed E-state index contributed by atoms with van der Waals surface area (Å²) in [6, 6.07) is 6.06. The van der Waals surface area contributed by atoms with Crippen LogP contribution in [-0.4, -0.2) is 87.2 Å². The van der Waals surface area contributed by atoms with Crippen molar-refractivity contribution in [3.8, 4) is 0 Å². The molecule has 222 valence electrons. The maximum Gasteiger partial charge on any atom is 0.419 e. The van der Waals surface area contributed by atoms with Gasteiger partial charge >= 0.3 is 12.2 Å². The van der Waals surface area contributed by atoms with Crippen molar-refractivity contribution >= 4 is 23.2 Å². The second kappa shape index (κ2) is 15.0. The van der Waals surface area contributed by atoms with Crippen LogP contribution in [0.15, 0.2) is 46.7 Å². The third kappa shape index (κ3) is 9.18. The van der Waals surface area contributed by atoms with Crippen LogP contribution in [0.2, 0.25) is 0 Å². The second-order valence-electron chi connectivity index (χ2n) is 10.3. The van der Waals surface area contributed by atoms with Gasteiger partial charge in [-0.05, 0) is 57.0 Å². The quantitative estimate of drug-likeness (QED) is 0.145. The fraction of sp³-hybridized carbons (Fsp3) is 0.586. The van der Waals surface area contributed by atoms with Gasteiger partial charge in [0, 0.05) is 75.6 Å². The van der Waals surface area contributed by atoms with Crippen molar-refractivity contribution in [1.29, 1.82) is 0 Å². The molecule has 8 nitrogen and oxygen atoms in total. The summed E-state index contributed by atoms with van der Waals surface area (Å²) in [7, 11) is 2.12. The minimum absolute atomic E-state index is 0.0163. The predicted octanol–water partition coefficient (Wildman–Crippen LogP) is 4.97. The molecule has 0 saturated carbocycles. The normalized spacial score (nSPS) is 17.9.